The van der Waals surface area contributed by atoms with Crippen LogP contribution in [0.4, 0.5) is 0 Å². The quantitative estimate of drug-likeness (QED) is 0.360. The van der Waals surface area contributed by atoms with Gasteiger partial charge < -0.3 is 0 Å². The smallest absolute Gasteiger partial charge is 0.164 e. The predicted octanol–water partition coefficient (Wildman–Crippen LogP) is 2.10. The molecule has 1 aliphatic rings. The minimum atomic E-state index is -0.340. The Bertz CT molecular complexity index is 129. The van der Waals surface area contributed by atoms with E-state index < -0.39 is 0 Å². The van der Waals surface area contributed by atoms with Crippen LogP contribution in [0.5, 0.6) is 0 Å². The maximum Gasteiger partial charge on any atom is 0.166 e. The third-order valence-corrected chi connectivity index (χ3v) is 0.953. The van der Waals surface area contributed by atoms with Crippen LogP contribution in [0.2, 0.25) is 0 Å². The van der Waals surface area contributed by atoms with Crippen molar-refractivity contribution >= 4 is 23.2 Å². The standard InChI is InChI=1S/C3H2Cl2N2/c4-2-1-3(5)7-6-2/h1-2H. The summed E-state index contributed by atoms with van der Waals surface area (Å²) in [4.78, 5) is 0. The van der Waals surface area contributed by atoms with E-state index in [1.165, 1.54) is 0 Å². The van der Waals surface area contributed by atoms with Crippen molar-refractivity contribution in [3.05, 3.63) is 11.2 Å². The van der Waals surface area contributed by atoms with Gasteiger partial charge in [-0.25, -0.2) is 0 Å². The molecule has 0 aromatic heterocycles. The number of hydrogen-bond acceptors (Lipinski definition) is 2. The molecule has 1 rings (SSSR count). The number of azo groups is 1. The molecule has 7 heavy (non-hydrogen) atoms. The average molecular weight is 137 g/mol. The molecule has 2 nitrogen and oxygen atoms in total. The van der Waals surface area contributed by atoms with E-state index in [0.29, 0.717) is 5.16 Å². The molecule has 1 heterocycles. The van der Waals surface area contributed by atoms with Crippen molar-refractivity contribution < 1.29 is 0 Å². The van der Waals surface area contributed by atoms with E-state index in [4.69, 9.17) is 23.2 Å². The van der Waals surface area contributed by atoms with Crippen LogP contribution in [0.1, 0.15) is 0 Å². The number of halogens is 2. The highest BCUT2D eigenvalue weighted by Crippen LogP contribution is 2.17. The Morgan fingerprint density at radius 3 is 2.57 bits per heavy atom. The SMILES string of the molecule is ClC1=CC(Cl)N=N1. The molecule has 0 aromatic rings. The van der Waals surface area contributed by atoms with E-state index in [-0.39, 0.29) is 5.50 Å². The number of alkyl halides is 1. The van der Waals surface area contributed by atoms with Gasteiger partial charge in [0.25, 0.3) is 0 Å². The first-order chi connectivity index (χ1) is 3.29. The Balaban J connectivity index is 2.69. The van der Waals surface area contributed by atoms with Gasteiger partial charge in [-0.1, -0.05) is 23.2 Å². The minimum absolute atomic E-state index is 0.340. The van der Waals surface area contributed by atoms with Gasteiger partial charge >= 0.3 is 0 Å². The summed E-state index contributed by atoms with van der Waals surface area (Å²) in [5.41, 5.74) is -0.340. The fraction of sp³-hybridized carbons (Fsp3) is 0.333. The fourth-order valence-corrected chi connectivity index (χ4v) is 0.681. The minimum Gasteiger partial charge on any atom is -0.164 e. The highest BCUT2D eigenvalue weighted by molar-refractivity contribution is 6.31. The van der Waals surface area contributed by atoms with Gasteiger partial charge in [-0.3, -0.25) is 0 Å². The normalized spacial score (nSPS) is 28.3. The molecular weight excluding hydrogens is 135 g/mol. The van der Waals surface area contributed by atoms with E-state index >= 15 is 0 Å². The van der Waals surface area contributed by atoms with Crippen LogP contribution in [-0.2, 0) is 0 Å². The molecule has 1 aliphatic heterocycles. The third kappa shape index (κ3) is 1.14. The molecule has 0 aromatic carbocycles. The Morgan fingerprint density at radius 2 is 2.43 bits per heavy atom. The van der Waals surface area contributed by atoms with E-state index in [1.54, 1.807) is 6.08 Å². The number of rotatable bonds is 0. The molecular formula is C3H2Cl2N2. The van der Waals surface area contributed by atoms with Crippen LogP contribution in [0.3, 0.4) is 0 Å². The summed E-state index contributed by atoms with van der Waals surface area (Å²) < 4.78 is 0. The first-order valence-corrected chi connectivity index (χ1v) is 2.53. The third-order valence-electron chi connectivity index (χ3n) is 0.539. The second-order valence-corrected chi connectivity index (χ2v) is 1.91. The zero-order chi connectivity index (χ0) is 5.28. The summed E-state index contributed by atoms with van der Waals surface area (Å²) in [5, 5.41) is 7.29. The van der Waals surface area contributed by atoms with Crippen LogP contribution in [0.15, 0.2) is 21.5 Å². The lowest BCUT2D eigenvalue weighted by Gasteiger charge is -1.77. The summed E-state index contributed by atoms with van der Waals surface area (Å²) in [6.07, 6.45) is 1.56. The van der Waals surface area contributed by atoms with Crippen LogP contribution in [0.25, 0.3) is 0 Å². The van der Waals surface area contributed by atoms with Crippen molar-refractivity contribution in [1.82, 2.24) is 0 Å². The second-order valence-electron chi connectivity index (χ2n) is 1.08. The van der Waals surface area contributed by atoms with Gasteiger partial charge in [-0.2, -0.15) is 5.11 Å². The zero-order valence-electron chi connectivity index (χ0n) is 3.31. The van der Waals surface area contributed by atoms with E-state index in [9.17, 15) is 0 Å². The predicted molar refractivity (Wildman–Crippen MR) is 28.4 cm³/mol. The van der Waals surface area contributed by atoms with Crippen molar-refractivity contribution in [2.24, 2.45) is 10.2 Å². The van der Waals surface area contributed by atoms with Gasteiger partial charge in [0.1, 0.15) is 0 Å². The van der Waals surface area contributed by atoms with Gasteiger partial charge in [-0.05, 0) is 6.08 Å². The summed E-state index contributed by atoms with van der Waals surface area (Å²) in [6.45, 7) is 0. The number of nitrogens with zero attached hydrogens (tertiary/aromatic N) is 2. The van der Waals surface area contributed by atoms with Gasteiger partial charge in [0.05, 0.1) is 0 Å². The average Bonchev–Trinajstić information content (AvgIpc) is 1.87. The molecule has 4 heteroatoms. The second kappa shape index (κ2) is 1.80. The topological polar surface area (TPSA) is 24.7 Å². The fourth-order valence-electron chi connectivity index (χ4n) is 0.290. The summed E-state index contributed by atoms with van der Waals surface area (Å²) in [5.74, 6) is 0. The van der Waals surface area contributed by atoms with E-state index in [0.717, 1.165) is 0 Å². The molecule has 38 valence electrons. The van der Waals surface area contributed by atoms with Crippen molar-refractivity contribution in [3.63, 3.8) is 0 Å². The summed E-state index contributed by atoms with van der Waals surface area (Å²) in [7, 11) is 0. The van der Waals surface area contributed by atoms with E-state index in [2.05, 4.69) is 10.2 Å². The molecule has 1 unspecified atom stereocenters. The van der Waals surface area contributed by atoms with Gasteiger partial charge in [-0.15, -0.1) is 5.11 Å². The van der Waals surface area contributed by atoms with Crippen LogP contribution < -0.4 is 0 Å². The zero-order valence-corrected chi connectivity index (χ0v) is 4.82. The lowest BCUT2D eigenvalue weighted by atomic mass is 10.6. The molecule has 0 saturated heterocycles. The lowest BCUT2D eigenvalue weighted by molar-refractivity contribution is 1.06. The number of hydrogen-bond donors (Lipinski definition) is 0. The highest BCUT2D eigenvalue weighted by atomic mass is 35.5. The first kappa shape index (κ1) is 5.06. The van der Waals surface area contributed by atoms with Crippen molar-refractivity contribution in [1.29, 1.82) is 0 Å². The Hall–Kier alpha value is -0.0800. The summed E-state index contributed by atoms with van der Waals surface area (Å²) >= 11 is 10.7. The van der Waals surface area contributed by atoms with Gasteiger partial charge in [0, 0.05) is 0 Å². The molecule has 0 radical (unpaired) electrons. The maximum atomic E-state index is 5.39. The Labute approximate surface area is 50.8 Å². The Kier molecular flexibility index (Phi) is 1.30. The molecule has 0 aliphatic carbocycles. The molecule has 0 bridgehead atoms. The Morgan fingerprint density at radius 1 is 1.71 bits per heavy atom. The molecule has 0 amide bonds. The van der Waals surface area contributed by atoms with Crippen molar-refractivity contribution in [2.45, 2.75) is 5.50 Å². The molecule has 0 N–H and O–H groups in total. The van der Waals surface area contributed by atoms with Crippen molar-refractivity contribution in [3.8, 4) is 0 Å². The molecule has 0 saturated carbocycles. The molecule has 1 atom stereocenters. The van der Waals surface area contributed by atoms with Gasteiger partial charge in [0.15, 0.2) is 10.7 Å². The van der Waals surface area contributed by atoms with Crippen LogP contribution in [0, 0.1) is 0 Å². The molecule has 0 spiro atoms. The summed E-state index contributed by atoms with van der Waals surface area (Å²) in [6, 6.07) is 0. The first-order valence-electron chi connectivity index (χ1n) is 1.71. The van der Waals surface area contributed by atoms with Crippen LogP contribution in [-0.4, -0.2) is 5.50 Å². The molecule has 0 fully saturated rings. The monoisotopic (exact) mass is 136 g/mol. The lowest BCUT2D eigenvalue weighted by Crippen LogP contribution is -1.76. The van der Waals surface area contributed by atoms with Crippen LogP contribution >= 0.6 is 23.2 Å². The largest absolute Gasteiger partial charge is 0.166 e. The van der Waals surface area contributed by atoms with Crippen molar-refractivity contribution in [2.75, 3.05) is 0 Å². The highest BCUT2D eigenvalue weighted by Gasteiger charge is 2.04. The maximum absolute atomic E-state index is 5.39. The van der Waals surface area contributed by atoms with Gasteiger partial charge in [0.2, 0.25) is 0 Å². The van der Waals surface area contributed by atoms with E-state index in [1.807, 2.05) is 0 Å².